The molecule has 24 heavy (non-hydrogen) atoms. The van der Waals surface area contributed by atoms with Crippen LogP contribution in [0.1, 0.15) is 64.2 Å². The Balaban J connectivity index is 0.00000208. The van der Waals surface area contributed by atoms with E-state index in [1.807, 2.05) is 7.05 Å². The number of nitrogens with zero attached hydrogens (tertiary/aromatic N) is 2. The summed E-state index contributed by atoms with van der Waals surface area (Å²) in [6.45, 7) is 3.05. The number of carbonyl (C=O) groups excluding carboxylic acids is 1. The third kappa shape index (κ3) is 4.99. The summed E-state index contributed by atoms with van der Waals surface area (Å²) >= 11 is 0. The van der Waals surface area contributed by atoms with Gasteiger partial charge in [-0.2, -0.15) is 0 Å². The van der Waals surface area contributed by atoms with Crippen LogP contribution in [0.2, 0.25) is 0 Å². The number of guanidine groups is 1. The molecule has 138 valence electrons. The van der Waals surface area contributed by atoms with Crippen LogP contribution in [-0.4, -0.2) is 49.6 Å². The zero-order chi connectivity index (χ0) is 16.1. The summed E-state index contributed by atoms with van der Waals surface area (Å²) in [4.78, 5) is 18.6. The highest BCUT2D eigenvalue weighted by molar-refractivity contribution is 14.0. The summed E-state index contributed by atoms with van der Waals surface area (Å²) in [6.07, 6.45) is 11.5. The summed E-state index contributed by atoms with van der Waals surface area (Å²) in [5, 5.41) is 3.41. The molecular formula is C18H32IN3O2. The van der Waals surface area contributed by atoms with Crippen molar-refractivity contribution in [3.63, 3.8) is 0 Å². The second kappa shape index (κ2) is 9.25. The van der Waals surface area contributed by atoms with Crippen LogP contribution in [0.3, 0.4) is 0 Å². The van der Waals surface area contributed by atoms with E-state index in [9.17, 15) is 4.79 Å². The van der Waals surface area contributed by atoms with Crippen molar-refractivity contribution in [2.45, 2.75) is 70.3 Å². The zero-order valence-corrected chi connectivity index (χ0v) is 17.2. The highest BCUT2D eigenvalue weighted by Crippen LogP contribution is 2.47. The van der Waals surface area contributed by atoms with E-state index >= 15 is 0 Å². The molecule has 3 rings (SSSR count). The minimum atomic E-state index is -0.0386. The van der Waals surface area contributed by atoms with E-state index in [-0.39, 0.29) is 36.0 Å². The minimum Gasteiger partial charge on any atom is -0.462 e. The van der Waals surface area contributed by atoms with Gasteiger partial charge in [0.2, 0.25) is 0 Å². The molecule has 2 saturated carbocycles. The maximum Gasteiger partial charge on any atom is 0.306 e. The van der Waals surface area contributed by atoms with Gasteiger partial charge < -0.3 is 15.0 Å². The lowest BCUT2D eigenvalue weighted by Crippen LogP contribution is -2.42. The molecular weight excluding hydrogens is 417 g/mol. The molecule has 0 bridgehead atoms. The molecule has 0 aromatic carbocycles. The summed E-state index contributed by atoms with van der Waals surface area (Å²) in [5.41, 5.74) is 0.586. The van der Waals surface area contributed by atoms with Crippen LogP contribution < -0.4 is 5.32 Å². The molecule has 0 unspecified atom stereocenters. The van der Waals surface area contributed by atoms with E-state index in [4.69, 9.17) is 4.74 Å². The smallest absolute Gasteiger partial charge is 0.306 e. The Morgan fingerprint density at radius 1 is 1.25 bits per heavy atom. The number of hydrogen-bond donors (Lipinski definition) is 1. The van der Waals surface area contributed by atoms with Crippen LogP contribution in [0.15, 0.2) is 4.99 Å². The Hall–Kier alpha value is -0.530. The number of hydrogen-bond acceptors (Lipinski definition) is 3. The highest BCUT2D eigenvalue weighted by Gasteiger charge is 2.43. The number of likely N-dealkylation sites (tertiary alicyclic amines) is 1. The van der Waals surface area contributed by atoms with Gasteiger partial charge in [-0.25, -0.2) is 0 Å². The van der Waals surface area contributed by atoms with Gasteiger partial charge in [0.15, 0.2) is 5.96 Å². The van der Waals surface area contributed by atoms with E-state index in [0.717, 1.165) is 44.9 Å². The third-order valence-electron chi connectivity index (χ3n) is 5.80. The molecule has 6 heteroatoms. The van der Waals surface area contributed by atoms with Crippen molar-refractivity contribution in [2.24, 2.45) is 10.4 Å². The molecule has 5 nitrogen and oxygen atoms in total. The van der Waals surface area contributed by atoms with Gasteiger partial charge in [-0.05, 0) is 56.8 Å². The first-order valence-corrected chi connectivity index (χ1v) is 9.36. The minimum absolute atomic E-state index is 0. The normalized spacial score (nSPS) is 23.0. The predicted molar refractivity (Wildman–Crippen MR) is 107 cm³/mol. The molecule has 2 aliphatic carbocycles. The van der Waals surface area contributed by atoms with Gasteiger partial charge in [0.05, 0.1) is 0 Å². The van der Waals surface area contributed by atoms with Crippen molar-refractivity contribution in [1.82, 2.24) is 10.2 Å². The average molecular weight is 449 g/mol. The Morgan fingerprint density at radius 2 is 2.00 bits per heavy atom. The number of esters is 1. The molecule has 0 amide bonds. The van der Waals surface area contributed by atoms with Crippen molar-refractivity contribution >= 4 is 35.9 Å². The fourth-order valence-electron chi connectivity index (χ4n) is 4.22. The lowest BCUT2D eigenvalue weighted by Gasteiger charge is -2.38. The Kier molecular flexibility index (Phi) is 7.62. The third-order valence-corrected chi connectivity index (χ3v) is 5.80. The van der Waals surface area contributed by atoms with Crippen molar-refractivity contribution < 1.29 is 9.53 Å². The number of carbonyl (C=O) groups is 1. The SMILES string of the molecule is CN=C(NCCCC(=O)OC1CCCC1)N1CCC2(CCC2)C1.I. The fourth-order valence-corrected chi connectivity index (χ4v) is 4.22. The molecule has 3 aliphatic rings. The van der Waals surface area contributed by atoms with Crippen LogP contribution in [0.5, 0.6) is 0 Å². The van der Waals surface area contributed by atoms with Crippen molar-refractivity contribution in [3.8, 4) is 0 Å². The molecule has 3 fully saturated rings. The number of aliphatic imine (C=N–C) groups is 1. The second-order valence-corrected chi connectivity index (χ2v) is 7.50. The van der Waals surface area contributed by atoms with Gasteiger partial charge >= 0.3 is 5.97 Å². The van der Waals surface area contributed by atoms with Gasteiger partial charge in [-0.3, -0.25) is 9.79 Å². The van der Waals surface area contributed by atoms with Crippen molar-refractivity contribution in [3.05, 3.63) is 0 Å². The topological polar surface area (TPSA) is 53.9 Å². The van der Waals surface area contributed by atoms with Gasteiger partial charge in [0, 0.05) is 33.1 Å². The Bertz CT molecular complexity index is 446. The maximum atomic E-state index is 11.8. The molecule has 0 aromatic heterocycles. The number of halogens is 1. The van der Waals surface area contributed by atoms with Crippen molar-refractivity contribution in [2.75, 3.05) is 26.7 Å². The van der Waals surface area contributed by atoms with Gasteiger partial charge in [-0.15, -0.1) is 24.0 Å². The van der Waals surface area contributed by atoms with E-state index in [1.54, 1.807) is 0 Å². The monoisotopic (exact) mass is 449 g/mol. The van der Waals surface area contributed by atoms with Gasteiger partial charge in [0.25, 0.3) is 0 Å². The number of ether oxygens (including phenoxy) is 1. The van der Waals surface area contributed by atoms with Crippen LogP contribution >= 0.6 is 24.0 Å². The first-order chi connectivity index (χ1) is 11.2. The fraction of sp³-hybridized carbons (Fsp3) is 0.889. The van der Waals surface area contributed by atoms with E-state index < -0.39 is 0 Å². The predicted octanol–water partition coefficient (Wildman–Crippen LogP) is 3.32. The molecule has 1 N–H and O–H groups in total. The molecule has 1 heterocycles. The van der Waals surface area contributed by atoms with E-state index in [1.165, 1.54) is 38.5 Å². The zero-order valence-electron chi connectivity index (χ0n) is 14.9. The average Bonchev–Trinajstić information content (AvgIpc) is 3.16. The highest BCUT2D eigenvalue weighted by atomic mass is 127. The maximum absolute atomic E-state index is 11.8. The lowest BCUT2D eigenvalue weighted by molar-refractivity contribution is -0.148. The molecule has 1 spiro atoms. The number of rotatable bonds is 5. The number of nitrogens with one attached hydrogen (secondary N) is 1. The molecule has 0 atom stereocenters. The Morgan fingerprint density at radius 3 is 2.58 bits per heavy atom. The van der Waals surface area contributed by atoms with Gasteiger partial charge in [-0.1, -0.05) is 6.42 Å². The van der Waals surface area contributed by atoms with Crippen LogP contribution in [0.4, 0.5) is 0 Å². The quantitative estimate of drug-likeness (QED) is 0.230. The first-order valence-electron chi connectivity index (χ1n) is 9.36. The largest absolute Gasteiger partial charge is 0.462 e. The van der Waals surface area contributed by atoms with Crippen LogP contribution in [0.25, 0.3) is 0 Å². The summed E-state index contributed by atoms with van der Waals surface area (Å²) in [5.74, 6) is 0.959. The Labute approximate surface area is 163 Å². The molecule has 0 radical (unpaired) electrons. The second-order valence-electron chi connectivity index (χ2n) is 7.50. The van der Waals surface area contributed by atoms with Crippen LogP contribution in [-0.2, 0) is 9.53 Å². The van der Waals surface area contributed by atoms with E-state index in [0.29, 0.717) is 11.8 Å². The molecule has 1 aliphatic heterocycles. The van der Waals surface area contributed by atoms with E-state index in [2.05, 4.69) is 15.2 Å². The summed E-state index contributed by atoms with van der Waals surface area (Å²) in [6, 6.07) is 0. The van der Waals surface area contributed by atoms with Crippen molar-refractivity contribution in [1.29, 1.82) is 0 Å². The standard InChI is InChI=1S/C18H31N3O2.HI/c1-19-17(21-13-11-18(14-21)9-5-10-18)20-12-4-8-16(22)23-15-6-2-3-7-15;/h15H,2-14H2,1H3,(H,19,20);1H. The lowest BCUT2D eigenvalue weighted by atomic mass is 9.68. The molecule has 0 aromatic rings. The van der Waals surface area contributed by atoms with Crippen LogP contribution in [0, 0.1) is 5.41 Å². The molecule has 1 saturated heterocycles. The van der Waals surface area contributed by atoms with Gasteiger partial charge in [0.1, 0.15) is 6.10 Å². The summed E-state index contributed by atoms with van der Waals surface area (Å²) in [7, 11) is 1.85. The first kappa shape index (κ1) is 19.8. The summed E-state index contributed by atoms with van der Waals surface area (Å²) < 4.78 is 5.49.